The van der Waals surface area contributed by atoms with E-state index in [1.54, 1.807) is 29.6 Å². The lowest BCUT2D eigenvalue weighted by Crippen LogP contribution is -1.97. The van der Waals surface area contributed by atoms with Gasteiger partial charge in [-0.3, -0.25) is 4.57 Å². The van der Waals surface area contributed by atoms with Crippen molar-refractivity contribution >= 4 is 12.3 Å². The molecule has 2 heterocycles. The van der Waals surface area contributed by atoms with E-state index in [0.29, 0.717) is 5.95 Å². The molecular formula is C5H5N5. The molecule has 50 valence electrons. The van der Waals surface area contributed by atoms with Gasteiger partial charge in [-0.25, -0.2) is 4.99 Å². The summed E-state index contributed by atoms with van der Waals surface area (Å²) in [5, 5.41) is 10.3. The van der Waals surface area contributed by atoms with Crippen LogP contribution < -0.4 is 5.32 Å². The van der Waals surface area contributed by atoms with Crippen molar-refractivity contribution in [1.82, 2.24) is 14.8 Å². The van der Waals surface area contributed by atoms with Crippen molar-refractivity contribution < 1.29 is 0 Å². The van der Waals surface area contributed by atoms with Crippen LogP contribution in [0.15, 0.2) is 23.7 Å². The molecule has 0 amide bonds. The quantitative estimate of drug-likeness (QED) is 0.547. The third kappa shape index (κ3) is 0.680. The largest absolute Gasteiger partial charge is 0.329 e. The number of nitrogens with zero attached hydrogens (tertiary/aromatic N) is 4. The van der Waals surface area contributed by atoms with Gasteiger partial charge in [0.25, 0.3) is 0 Å². The van der Waals surface area contributed by atoms with E-state index in [9.17, 15) is 0 Å². The molecule has 0 saturated carbocycles. The van der Waals surface area contributed by atoms with Gasteiger partial charge >= 0.3 is 0 Å². The summed E-state index contributed by atoms with van der Waals surface area (Å²) in [5.74, 6) is 0.678. The molecule has 0 bridgehead atoms. The molecule has 0 spiro atoms. The Morgan fingerprint density at radius 2 is 2.50 bits per heavy atom. The molecule has 0 atom stereocenters. The molecule has 0 saturated heterocycles. The zero-order valence-electron chi connectivity index (χ0n) is 5.10. The normalized spacial score (nSPS) is 14.0. The van der Waals surface area contributed by atoms with Crippen LogP contribution in [0, 0.1) is 0 Å². The predicted octanol–water partition coefficient (Wildman–Crippen LogP) is 0.0512. The second-order valence-corrected chi connectivity index (χ2v) is 1.79. The molecule has 1 aliphatic heterocycles. The molecule has 0 aliphatic carbocycles. The number of hydrogen-bond acceptors (Lipinski definition) is 4. The van der Waals surface area contributed by atoms with Crippen molar-refractivity contribution in [3.63, 3.8) is 0 Å². The molecule has 0 fully saturated rings. The van der Waals surface area contributed by atoms with E-state index in [1.807, 2.05) is 0 Å². The molecule has 2 rings (SSSR count). The Labute approximate surface area is 57.1 Å². The first-order valence-corrected chi connectivity index (χ1v) is 2.81. The Hall–Kier alpha value is -1.65. The Kier molecular flexibility index (Phi) is 1.00. The van der Waals surface area contributed by atoms with E-state index >= 15 is 0 Å². The molecule has 5 heteroatoms. The molecule has 0 aromatic carbocycles. The third-order valence-corrected chi connectivity index (χ3v) is 1.14. The van der Waals surface area contributed by atoms with Crippen molar-refractivity contribution in [3.8, 4) is 0 Å². The van der Waals surface area contributed by atoms with Crippen LogP contribution in [-0.2, 0) is 0 Å². The Balaban J connectivity index is 2.50. The molecule has 0 unspecified atom stereocenters. The van der Waals surface area contributed by atoms with Gasteiger partial charge in [0.1, 0.15) is 12.7 Å². The van der Waals surface area contributed by atoms with Crippen LogP contribution in [0.3, 0.4) is 0 Å². The van der Waals surface area contributed by atoms with Gasteiger partial charge in [-0.2, -0.15) is 0 Å². The summed E-state index contributed by atoms with van der Waals surface area (Å²) < 4.78 is 1.69. The van der Waals surface area contributed by atoms with Crippen molar-refractivity contribution in [2.45, 2.75) is 0 Å². The number of anilines is 1. The monoisotopic (exact) mass is 135 g/mol. The van der Waals surface area contributed by atoms with Gasteiger partial charge in [0.15, 0.2) is 0 Å². The fourth-order valence-electron chi connectivity index (χ4n) is 0.696. The third-order valence-electron chi connectivity index (χ3n) is 1.14. The van der Waals surface area contributed by atoms with Crippen LogP contribution in [-0.4, -0.2) is 21.1 Å². The van der Waals surface area contributed by atoms with Crippen LogP contribution >= 0.6 is 0 Å². The highest BCUT2D eigenvalue weighted by Crippen LogP contribution is 2.00. The van der Waals surface area contributed by atoms with Gasteiger partial charge in [-0.05, 0) is 0 Å². The highest BCUT2D eigenvalue weighted by Gasteiger charge is 1.98. The lowest BCUT2D eigenvalue weighted by atomic mass is 10.8. The fraction of sp³-hybridized carbons (Fsp3) is 0. The number of nitrogens with one attached hydrogen (secondary N) is 1. The molecule has 1 aliphatic rings. The average Bonchev–Trinajstić information content (AvgIpc) is 2.28. The smallest absolute Gasteiger partial charge is 0.233 e. The molecule has 1 aromatic heterocycles. The first-order chi connectivity index (χ1) is 4.97. The van der Waals surface area contributed by atoms with E-state index in [4.69, 9.17) is 0 Å². The topological polar surface area (TPSA) is 55.1 Å². The molecule has 1 N–H and O–H groups in total. The van der Waals surface area contributed by atoms with E-state index in [-0.39, 0.29) is 0 Å². The number of hydrogen-bond donors (Lipinski definition) is 1. The average molecular weight is 135 g/mol. The number of rotatable bonds is 0. The highest BCUT2D eigenvalue weighted by atomic mass is 15.3. The van der Waals surface area contributed by atoms with Crippen LogP contribution in [0.4, 0.5) is 5.95 Å². The molecule has 1 aromatic rings. The standard InChI is InChI=1S/C5H5N5/c1-2-7-5-9-8-4-10(5)3-6-1/h1-4H,(H,7,9). The Morgan fingerprint density at radius 1 is 1.50 bits per heavy atom. The maximum absolute atomic E-state index is 3.90. The summed E-state index contributed by atoms with van der Waals surface area (Å²) in [6.45, 7) is 0. The second-order valence-electron chi connectivity index (χ2n) is 1.79. The lowest BCUT2D eigenvalue weighted by Gasteiger charge is -1.93. The van der Waals surface area contributed by atoms with E-state index in [2.05, 4.69) is 20.5 Å². The van der Waals surface area contributed by atoms with Gasteiger partial charge < -0.3 is 5.32 Å². The van der Waals surface area contributed by atoms with Crippen molar-refractivity contribution in [1.29, 1.82) is 0 Å². The summed E-state index contributed by atoms with van der Waals surface area (Å²) in [5.41, 5.74) is 0. The second kappa shape index (κ2) is 1.94. The van der Waals surface area contributed by atoms with Crippen LogP contribution in [0.25, 0.3) is 0 Å². The van der Waals surface area contributed by atoms with Crippen LogP contribution in [0.1, 0.15) is 0 Å². The van der Waals surface area contributed by atoms with Crippen molar-refractivity contribution in [3.05, 3.63) is 18.7 Å². The highest BCUT2D eigenvalue weighted by molar-refractivity contribution is 5.64. The van der Waals surface area contributed by atoms with Crippen LogP contribution in [0.5, 0.6) is 0 Å². The van der Waals surface area contributed by atoms with E-state index < -0.39 is 0 Å². The van der Waals surface area contributed by atoms with E-state index in [1.165, 1.54) is 0 Å². The summed E-state index contributed by atoms with van der Waals surface area (Å²) in [7, 11) is 0. The first-order valence-electron chi connectivity index (χ1n) is 2.81. The Morgan fingerprint density at radius 3 is 3.50 bits per heavy atom. The Bertz CT molecular complexity index is 284. The molecule has 10 heavy (non-hydrogen) atoms. The molecule has 0 radical (unpaired) electrons. The number of aromatic nitrogens is 3. The van der Waals surface area contributed by atoms with E-state index in [0.717, 1.165) is 0 Å². The SMILES string of the molecule is C1=CNc2nncn2C=N1. The predicted molar refractivity (Wildman–Crippen MR) is 36.7 cm³/mol. The minimum absolute atomic E-state index is 0.678. The zero-order valence-corrected chi connectivity index (χ0v) is 5.10. The summed E-state index contributed by atoms with van der Waals surface area (Å²) in [6.07, 6.45) is 6.56. The van der Waals surface area contributed by atoms with Gasteiger partial charge in [0.2, 0.25) is 5.95 Å². The summed E-state index contributed by atoms with van der Waals surface area (Å²) >= 11 is 0. The maximum atomic E-state index is 3.90. The molecule has 5 nitrogen and oxygen atoms in total. The first kappa shape index (κ1) is 5.16. The minimum atomic E-state index is 0.678. The fourth-order valence-corrected chi connectivity index (χ4v) is 0.696. The van der Waals surface area contributed by atoms with Crippen LogP contribution in [0.2, 0.25) is 0 Å². The van der Waals surface area contributed by atoms with Gasteiger partial charge in [-0.1, -0.05) is 0 Å². The lowest BCUT2D eigenvalue weighted by molar-refractivity contribution is 1.09. The van der Waals surface area contributed by atoms with Gasteiger partial charge in [0, 0.05) is 12.4 Å². The summed E-state index contributed by atoms with van der Waals surface area (Å²) in [4.78, 5) is 3.90. The number of fused-ring (bicyclic) bond motifs is 1. The minimum Gasteiger partial charge on any atom is -0.329 e. The van der Waals surface area contributed by atoms with Gasteiger partial charge in [-0.15, -0.1) is 10.2 Å². The van der Waals surface area contributed by atoms with Crippen molar-refractivity contribution in [2.75, 3.05) is 5.32 Å². The molecular weight excluding hydrogens is 130 g/mol. The maximum Gasteiger partial charge on any atom is 0.233 e. The zero-order chi connectivity index (χ0) is 6.81. The van der Waals surface area contributed by atoms with Gasteiger partial charge in [0.05, 0.1) is 0 Å². The van der Waals surface area contributed by atoms with Crippen molar-refractivity contribution in [2.24, 2.45) is 4.99 Å². The number of aliphatic imine (C=N–C) groups is 1. The summed E-state index contributed by atoms with van der Waals surface area (Å²) in [6, 6.07) is 0.